The first kappa shape index (κ1) is 17.9. The van der Waals surface area contributed by atoms with Crippen LogP contribution in [0.2, 0.25) is 0 Å². The Balaban J connectivity index is 2.52. The number of carbonyl (C=O) groups is 3. The number of hydrogen-bond donors (Lipinski definition) is 1. The molecule has 0 aliphatic rings. The second-order valence-corrected chi connectivity index (χ2v) is 4.81. The first-order valence-corrected chi connectivity index (χ1v) is 6.64. The summed E-state index contributed by atoms with van der Waals surface area (Å²) in [5, 5.41) is 8.95. The summed E-state index contributed by atoms with van der Waals surface area (Å²) in [5.41, 5.74) is -0.268. The molecule has 0 unspecified atom stereocenters. The van der Waals surface area contributed by atoms with Crippen LogP contribution in [0, 0.1) is 0 Å². The number of benzene rings is 1. The maximum absolute atomic E-state index is 11.9. The van der Waals surface area contributed by atoms with Crippen molar-refractivity contribution in [1.29, 1.82) is 0 Å². The van der Waals surface area contributed by atoms with E-state index in [1.54, 1.807) is 0 Å². The van der Waals surface area contributed by atoms with Gasteiger partial charge in [-0.1, -0.05) is 18.2 Å². The van der Waals surface area contributed by atoms with Gasteiger partial charge >= 0.3 is 12.1 Å². The molecule has 0 atom stereocenters. The lowest BCUT2D eigenvalue weighted by Crippen LogP contribution is -2.13. The molecule has 0 aromatic heterocycles. The maximum atomic E-state index is 11.9. The Labute approximate surface area is 124 Å². The molecule has 1 rings (SSSR count). The zero-order valence-electron chi connectivity index (χ0n) is 11.7. The summed E-state index contributed by atoms with van der Waals surface area (Å²) in [5.74, 6) is -2.41. The molecule has 1 N–H and O–H groups in total. The Morgan fingerprint density at radius 3 is 2.14 bits per heavy atom. The van der Waals surface area contributed by atoms with Crippen molar-refractivity contribution < 1.29 is 32.7 Å². The number of aromatic carboxylic acids is 1. The van der Waals surface area contributed by atoms with Crippen molar-refractivity contribution in [1.82, 2.24) is 0 Å². The summed E-state index contributed by atoms with van der Waals surface area (Å²) >= 11 is 0. The second kappa shape index (κ2) is 7.72. The van der Waals surface area contributed by atoms with Crippen LogP contribution in [0.3, 0.4) is 0 Å². The molecule has 1 aromatic carbocycles. The van der Waals surface area contributed by atoms with Gasteiger partial charge in [0.05, 0.1) is 12.0 Å². The van der Waals surface area contributed by atoms with Gasteiger partial charge < -0.3 is 5.11 Å². The van der Waals surface area contributed by atoms with Crippen LogP contribution in [0.25, 0.3) is 0 Å². The predicted octanol–water partition coefficient (Wildman–Crippen LogP) is 3.65. The van der Waals surface area contributed by atoms with Crippen molar-refractivity contribution in [2.75, 3.05) is 0 Å². The van der Waals surface area contributed by atoms with Crippen molar-refractivity contribution >= 4 is 17.5 Å². The molecule has 0 saturated heterocycles. The Bertz CT molecular complexity index is 564. The van der Waals surface area contributed by atoms with Gasteiger partial charge in [-0.2, -0.15) is 13.2 Å². The highest BCUT2D eigenvalue weighted by atomic mass is 19.4. The van der Waals surface area contributed by atoms with Gasteiger partial charge in [-0.05, 0) is 18.9 Å². The van der Waals surface area contributed by atoms with E-state index in [0.717, 1.165) is 0 Å². The van der Waals surface area contributed by atoms with Crippen molar-refractivity contribution in [3.63, 3.8) is 0 Å². The number of alkyl halides is 3. The minimum absolute atomic E-state index is 0.0478. The van der Waals surface area contributed by atoms with Crippen LogP contribution < -0.4 is 0 Å². The number of hydrogen-bond acceptors (Lipinski definition) is 3. The topological polar surface area (TPSA) is 71.4 Å². The molecule has 120 valence electrons. The highest BCUT2D eigenvalue weighted by Crippen LogP contribution is 2.23. The Morgan fingerprint density at radius 2 is 1.59 bits per heavy atom. The molecule has 4 nitrogen and oxygen atoms in total. The van der Waals surface area contributed by atoms with Crippen molar-refractivity contribution in [2.24, 2.45) is 0 Å². The summed E-state index contributed by atoms with van der Waals surface area (Å²) in [6.45, 7) is 0. The van der Waals surface area contributed by atoms with Gasteiger partial charge in [0.2, 0.25) is 0 Å². The number of rotatable bonds is 8. The summed E-state index contributed by atoms with van der Waals surface area (Å²) < 4.78 is 35.8. The first-order chi connectivity index (χ1) is 10.2. The first-order valence-electron chi connectivity index (χ1n) is 6.64. The molecule has 0 aliphatic heterocycles. The third-order valence-corrected chi connectivity index (χ3v) is 2.98. The zero-order chi connectivity index (χ0) is 16.8. The number of carbonyl (C=O) groups excluding carboxylic acids is 2. The summed E-state index contributed by atoms with van der Waals surface area (Å²) in [4.78, 5) is 34.5. The molecule has 0 fully saturated rings. The largest absolute Gasteiger partial charge is 0.478 e. The van der Waals surface area contributed by atoms with E-state index >= 15 is 0 Å². The van der Waals surface area contributed by atoms with Gasteiger partial charge in [0.1, 0.15) is 5.78 Å². The van der Waals surface area contributed by atoms with Crippen LogP contribution in [0.1, 0.15) is 52.8 Å². The van der Waals surface area contributed by atoms with Crippen LogP contribution >= 0.6 is 0 Å². The van der Waals surface area contributed by atoms with Crippen LogP contribution in [0.5, 0.6) is 0 Å². The zero-order valence-corrected chi connectivity index (χ0v) is 11.7. The third-order valence-electron chi connectivity index (χ3n) is 2.98. The van der Waals surface area contributed by atoms with Crippen LogP contribution in [-0.2, 0) is 4.79 Å². The van der Waals surface area contributed by atoms with Gasteiger partial charge in [-0.15, -0.1) is 0 Å². The van der Waals surface area contributed by atoms with Gasteiger partial charge in [-0.3, -0.25) is 9.59 Å². The molecule has 1 aromatic rings. The molecule has 7 heteroatoms. The number of unbranched alkanes of at least 4 members (excludes halogenated alkanes) is 1. The van der Waals surface area contributed by atoms with Crippen LogP contribution in [0.4, 0.5) is 13.2 Å². The molecule has 0 aliphatic carbocycles. The number of Topliss-reactive ketones (excluding diaryl/α,β-unsaturated/α-hetero) is 2. The molecule has 22 heavy (non-hydrogen) atoms. The van der Waals surface area contributed by atoms with Crippen LogP contribution in [0.15, 0.2) is 24.3 Å². The Kier molecular flexibility index (Phi) is 6.27. The number of halogens is 3. The normalized spacial score (nSPS) is 11.2. The smallest absolute Gasteiger partial charge is 0.389 e. The maximum Gasteiger partial charge on any atom is 0.389 e. The fourth-order valence-electron chi connectivity index (χ4n) is 1.92. The van der Waals surface area contributed by atoms with Crippen molar-refractivity contribution in [3.8, 4) is 0 Å². The SMILES string of the molecule is O=C(CCCCC(F)(F)F)CC(=O)c1ccccc1C(=O)O. The lowest BCUT2D eigenvalue weighted by atomic mass is 9.98. The Hall–Kier alpha value is -2.18. The molecule has 0 saturated carbocycles. The monoisotopic (exact) mass is 316 g/mol. The minimum Gasteiger partial charge on any atom is -0.478 e. The summed E-state index contributed by atoms with van der Waals surface area (Å²) in [6.07, 6.45) is -5.97. The number of ketones is 2. The van der Waals surface area contributed by atoms with E-state index in [9.17, 15) is 27.6 Å². The average molecular weight is 316 g/mol. The highest BCUT2D eigenvalue weighted by Gasteiger charge is 2.26. The lowest BCUT2D eigenvalue weighted by molar-refractivity contribution is -0.136. The number of carboxylic acid groups (broad SMARTS) is 1. The van der Waals surface area contributed by atoms with Gasteiger partial charge in [0.25, 0.3) is 0 Å². The molecular weight excluding hydrogens is 301 g/mol. The minimum atomic E-state index is -4.25. The average Bonchev–Trinajstić information content (AvgIpc) is 2.42. The predicted molar refractivity (Wildman–Crippen MR) is 71.9 cm³/mol. The Morgan fingerprint density at radius 1 is 1.00 bits per heavy atom. The molecule has 0 bridgehead atoms. The van der Waals surface area contributed by atoms with E-state index in [1.165, 1.54) is 24.3 Å². The third kappa shape index (κ3) is 6.07. The van der Waals surface area contributed by atoms with E-state index in [-0.39, 0.29) is 30.4 Å². The molecule has 0 radical (unpaired) electrons. The van der Waals surface area contributed by atoms with E-state index < -0.39 is 36.6 Å². The van der Waals surface area contributed by atoms with E-state index in [4.69, 9.17) is 5.11 Å². The molecular formula is C15H15F3O4. The van der Waals surface area contributed by atoms with E-state index in [1.807, 2.05) is 0 Å². The van der Waals surface area contributed by atoms with Gasteiger partial charge in [0.15, 0.2) is 5.78 Å². The summed E-state index contributed by atoms with van der Waals surface area (Å²) in [6, 6.07) is 5.50. The molecule has 0 heterocycles. The van der Waals surface area contributed by atoms with E-state index in [0.29, 0.717) is 0 Å². The molecule has 0 spiro atoms. The fraction of sp³-hybridized carbons (Fsp3) is 0.400. The highest BCUT2D eigenvalue weighted by molar-refractivity contribution is 6.12. The number of carboxylic acids is 1. The van der Waals surface area contributed by atoms with Crippen molar-refractivity contribution in [3.05, 3.63) is 35.4 Å². The van der Waals surface area contributed by atoms with Gasteiger partial charge in [-0.25, -0.2) is 4.79 Å². The van der Waals surface area contributed by atoms with E-state index in [2.05, 4.69) is 0 Å². The van der Waals surface area contributed by atoms with Gasteiger partial charge in [0, 0.05) is 18.4 Å². The molecule has 0 amide bonds. The second-order valence-electron chi connectivity index (χ2n) is 4.81. The standard InChI is InChI=1S/C15H15F3O4/c16-15(17,18)8-4-3-5-10(19)9-13(20)11-6-1-2-7-12(11)14(21)22/h1-2,6-7H,3-5,8-9H2,(H,21,22). The quantitative estimate of drug-likeness (QED) is 0.451. The van der Waals surface area contributed by atoms with Crippen LogP contribution in [-0.4, -0.2) is 28.8 Å². The summed E-state index contributed by atoms with van der Waals surface area (Å²) in [7, 11) is 0. The lowest BCUT2D eigenvalue weighted by Gasteiger charge is -2.06. The fourth-order valence-corrected chi connectivity index (χ4v) is 1.92. The van der Waals surface area contributed by atoms with Crippen molar-refractivity contribution in [2.45, 2.75) is 38.3 Å².